The summed E-state index contributed by atoms with van der Waals surface area (Å²) in [6.45, 7) is 12.1. The number of methoxy groups -OCH3 is 5. The van der Waals surface area contributed by atoms with E-state index in [2.05, 4.69) is 54.1 Å². The molecule has 6 aliphatic rings. The summed E-state index contributed by atoms with van der Waals surface area (Å²) in [5.41, 5.74) is 4.62. The molecular formula is C57H68N4O15P2. The fraction of sp³-hybridized carbons (Fsp3) is 0.368. The van der Waals surface area contributed by atoms with Gasteiger partial charge in [-0.1, -0.05) is 30.4 Å². The van der Waals surface area contributed by atoms with Crippen LogP contribution in [0, 0.1) is 23.7 Å². The zero-order valence-corrected chi connectivity index (χ0v) is 46.0. The SMILES string of the molecule is C=C[C@H]1CN2CC[C@H]1C[C@@H]2[C@@H](O)c1ccnc2ccc(OC)cc12.C=C[C@H]1CN2CC[C@H]1C[C@@H]2[C@@H](O)c1ccnc2ccc(OC)cc12.COc1ccc(/C=C\c2cc(OC)c(OC)c(OP(=O)(O)O)c2)cc1OP(=O)(O)O. The highest BCUT2D eigenvalue weighted by Crippen LogP contribution is 2.48. The summed E-state index contributed by atoms with van der Waals surface area (Å²) in [5, 5.41) is 24.3. The molecule has 21 heteroatoms. The van der Waals surface area contributed by atoms with Gasteiger partial charge in [0.2, 0.25) is 5.75 Å². The number of aliphatic hydroxyl groups is 2. The summed E-state index contributed by atoms with van der Waals surface area (Å²) in [6.07, 6.45) is 14.4. The fourth-order valence-corrected chi connectivity index (χ4v) is 12.1. The number of nitrogens with zero attached hydrogens (tertiary/aromatic N) is 4. The normalized spacial score (nSPS) is 23.2. The lowest BCUT2D eigenvalue weighted by Crippen LogP contribution is -2.54. The molecule has 2 aromatic heterocycles. The zero-order chi connectivity index (χ0) is 55.9. The van der Waals surface area contributed by atoms with Gasteiger partial charge in [0.1, 0.15) is 11.5 Å². The maximum atomic E-state index is 11.2. The van der Waals surface area contributed by atoms with Crippen molar-refractivity contribution in [1.82, 2.24) is 19.8 Å². The van der Waals surface area contributed by atoms with E-state index in [1.807, 2.05) is 48.5 Å². The summed E-state index contributed by atoms with van der Waals surface area (Å²) < 4.78 is 57.6. The lowest BCUT2D eigenvalue weighted by atomic mass is 9.73. The topological polar surface area (TPSA) is 252 Å². The van der Waals surface area contributed by atoms with Gasteiger partial charge in [0.05, 0.1) is 58.8 Å². The largest absolute Gasteiger partial charge is 0.524 e. The van der Waals surface area contributed by atoms with E-state index >= 15 is 0 Å². The lowest BCUT2D eigenvalue weighted by molar-refractivity contribution is -0.0445. The van der Waals surface area contributed by atoms with Crippen molar-refractivity contribution in [2.24, 2.45) is 23.7 Å². The maximum absolute atomic E-state index is 11.2. The highest BCUT2D eigenvalue weighted by Gasteiger charge is 2.44. The Labute approximate surface area is 453 Å². The summed E-state index contributed by atoms with van der Waals surface area (Å²) >= 11 is 0. The van der Waals surface area contributed by atoms with Gasteiger partial charge in [-0.25, -0.2) is 9.13 Å². The van der Waals surface area contributed by atoms with Gasteiger partial charge < -0.3 is 42.9 Å². The number of piperidine rings is 6. The number of aliphatic hydroxyl groups excluding tert-OH is 2. The van der Waals surface area contributed by atoms with E-state index in [9.17, 15) is 19.3 Å². The number of phosphoric acid groups is 2. The van der Waals surface area contributed by atoms with Crippen molar-refractivity contribution >= 4 is 49.6 Å². The standard InChI is InChI=1S/2C20H24N2O2.C17H20O11P2/c2*1-3-13-12-22-9-7-14(13)10-19(22)20(23)16-6-8-21-18-5-4-15(24-2)11-17(16)18;1-24-13-7-6-11(8-14(13)27-29(18,19)20)4-5-12-9-15(25-2)17(26-3)16(10-12)28-30(21,22)23/h2*3-6,8,11,13-14,19-20,23H,1,7,9-10,12H2,2H3;4-10H,1-3H3,(H2,18,19,20)(H2,21,22,23)/b;;5-4-/t2*13-,14-,19+,20-;/m00./s1. The van der Waals surface area contributed by atoms with Gasteiger partial charge in [-0.15, -0.1) is 13.2 Å². The third-order valence-electron chi connectivity index (χ3n) is 15.2. The fourth-order valence-electron chi connectivity index (χ4n) is 11.3. The van der Waals surface area contributed by atoms with Crippen molar-refractivity contribution in [1.29, 1.82) is 0 Å². The van der Waals surface area contributed by atoms with E-state index in [1.165, 1.54) is 52.4 Å². The Morgan fingerprint density at radius 3 is 1.45 bits per heavy atom. The molecule has 2 unspecified atom stereocenters. The number of hydrogen-bond donors (Lipinski definition) is 6. The first-order valence-corrected chi connectivity index (χ1v) is 28.5. The number of aromatic nitrogens is 2. The van der Waals surface area contributed by atoms with Crippen molar-refractivity contribution in [3.05, 3.63) is 139 Å². The Morgan fingerprint density at radius 1 is 0.564 bits per heavy atom. The highest BCUT2D eigenvalue weighted by atomic mass is 31.2. The van der Waals surface area contributed by atoms with Crippen molar-refractivity contribution < 1.29 is 71.6 Å². The number of ether oxygens (including phenoxy) is 5. The van der Waals surface area contributed by atoms with Crippen molar-refractivity contribution in [3.63, 3.8) is 0 Å². The number of rotatable bonds is 17. The second-order valence-corrected chi connectivity index (χ2v) is 21.9. The lowest BCUT2D eigenvalue weighted by Gasteiger charge is -2.50. The average Bonchev–Trinajstić information content (AvgIpc) is 3.49. The molecule has 78 heavy (non-hydrogen) atoms. The molecule has 0 spiro atoms. The molecular weight excluding hydrogens is 1040 g/mol. The molecule has 416 valence electrons. The molecule has 6 saturated heterocycles. The van der Waals surface area contributed by atoms with E-state index in [0.717, 1.165) is 83.5 Å². The monoisotopic (exact) mass is 1110 g/mol. The van der Waals surface area contributed by atoms with Crippen LogP contribution in [0.15, 0.2) is 117 Å². The molecule has 0 radical (unpaired) electrons. The minimum absolute atomic E-state index is 0.000229. The number of fused-ring (bicyclic) bond motifs is 8. The van der Waals surface area contributed by atoms with Crippen LogP contribution in [0.4, 0.5) is 0 Å². The first-order chi connectivity index (χ1) is 37.4. The van der Waals surface area contributed by atoms with E-state index in [-0.39, 0.29) is 40.8 Å². The molecule has 4 bridgehead atoms. The van der Waals surface area contributed by atoms with Crippen LogP contribution in [-0.4, -0.2) is 123 Å². The van der Waals surface area contributed by atoms with Crippen LogP contribution in [0.5, 0.6) is 40.2 Å². The van der Waals surface area contributed by atoms with E-state index in [1.54, 1.807) is 50.9 Å². The molecule has 0 amide bonds. The average molecular weight is 1110 g/mol. The Balaban J connectivity index is 0.000000155. The van der Waals surface area contributed by atoms with Crippen molar-refractivity contribution in [2.75, 3.05) is 61.7 Å². The van der Waals surface area contributed by atoms with Gasteiger partial charge in [0.15, 0.2) is 23.0 Å². The van der Waals surface area contributed by atoms with Crippen molar-refractivity contribution in [2.45, 2.75) is 50.0 Å². The first-order valence-electron chi connectivity index (χ1n) is 25.4. The summed E-state index contributed by atoms with van der Waals surface area (Å²) in [4.78, 5) is 50.0. The van der Waals surface area contributed by atoms with E-state index in [0.29, 0.717) is 34.8 Å². The van der Waals surface area contributed by atoms with Crippen LogP contribution in [0.3, 0.4) is 0 Å². The van der Waals surface area contributed by atoms with Crippen LogP contribution >= 0.6 is 15.6 Å². The molecule has 8 heterocycles. The van der Waals surface area contributed by atoms with Crippen LogP contribution < -0.4 is 32.7 Å². The van der Waals surface area contributed by atoms with Gasteiger partial charge in [-0.05, 0) is 157 Å². The van der Waals surface area contributed by atoms with Crippen molar-refractivity contribution in [3.8, 4) is 40.2 Å². The first kappa shape index (κ1) is 57.8. The quantitative estimate of drug-likeness (QED) is 0.0283. The van der Waals surface area contributed by atoms with Gasteiger partial charge in [0.25, 0.3) is 0 Å². The Kier molecular flexibility index (Phi) is 18.7. The Morgan fingerprint density at radius 2 is 1.03 bits per heavy atom. The molecule has 6 aliphatic heterocycles. The Bertz CT molecular complexity index is 3090. The molecule has 12 rings (SSSR count). The second kappa shape index (κ2) is 25.2. The third-order valence-corrected chi connectivity index (χ3v) is 16.1. The summed E-state index contributed by atoms with van der Waals surface area (Å²) in [6, 6.07) is 23.2. The van der Waals surface area contributed by atoms with Gasteiger partial charge >= 0.3 is 15.6 Å². The number of pyridine rings is 2. The molecule has 6 N–H and O–H groups in total. The zero-order valence-electron chi connectivity index (χ0n) is 44.2. The molecule has 4 aromatic carbocycles. The minimum Gasteiger partial charge on any atom is -0.497 e. The maximum Gasteiger partial charge on any atom is 0.524 e. The molecule has 6 aromatic rings. The van der Waals surface area contributed by atoms with Crippen LogP contribution in [-0.2, 0) is 9.13 Å². The summed E-state index contributed by atoms with van der Waals surface area (Å²) in [7, 11) is -2.36. The van der Waals surface area contributed by atoms with Gasteiger partial charge in [0, 0.05) is 48.3 Å². The van der Waals surface area contributed by atoms with E-state index < -0.39 is 27.9 Å². The van der Waals surface area contributed by atoms with Crippen LogP contribution in [0.25, 0.3) is 34.0 Å². The van der Waals surface area contributed by atoms with Gasteiger partial charge in [-0.3, -0.25) is 39.3 Å². The molecule has 0 saturated carbocycles. The Hall–Kier alpha value is -6.34. The number of phosphoric ester groups is 2. The third kappa shape index (κ3) is 13.6. The highest BCUT2D eigenvalue weighted by molar-refractivity contribution is 7.47. The predicted molar refractivity (Wildman–Crippen MR) is 297 cm³/mol. The van der Waals surface area contributed by atoms with Crippen LogP contribution in [0.1, 0.15) is 60.1 Å². The van der Waals surface area contributed by atoms with Gasteiger partial charge in [-0.2, -0.15) is 0 Å². The second-order valence-electron chi connectivity index (χ2n) is 19.6. The minimum atomic E-state index is -4.85. The molecule has 10 atom stereocenters. The summed E-state index contributed by atoms with van der Waals surface area (Å²) in [5.74, 6) is 3.91. The molecule has 19 nitrogen and oxygen atoms in total. The number of benzene rings is 4. The van der Waals surface area contributed by atoms with E-state index in [4.69, 9.17) is 43.3 Å². The predicted octanol–water partition coefficient (Wildman–Crippen LogP) is 9.17. The number of hydrogen-bond acceptors (Lipinski definition) is 15. The van der Waals surface area contributed by atoms with Crippen LogP contribution in [0.2, 0.25) is 0 Å². The smallest absolute Gasteiger partial charge is 0.497 e. The molecule has 6 fully saturated rings. The molecule has 0 aliphatic carbocycles.